The Bertz CT molecular complexity index is 604. The second-order valence-corrected chi connectivity index (χ2v) is 4.49. The third-order valence-electron chi connectivity index (χ3n) is 3.13. The van der Waals surface area contributed by atoms with Crippen molar-refractivity contribution in [1.82, 2.24) is 10.3 Å². The Hall–Kier alpha value is -2.15. The number of nitro benzene ring substituents is 1. The van der Waals surface area contributed by atoms with Crippen LogP contribution in [0.15, 0.2) is 22.6 Å². The van der Waals surface area contributed by atoms with Gasteiger partial charge in [-0.1, -0.05) is 0 Å². The van der Waals surface area contributed by atoms with Crippen molar-refractivity contribution in [3.8, 4) is 6.08 Å². The first-order valence-corrected chi connectivity index (χ1v) is 6.13. The average molecular weight is 263 g/mol. The van der Waals surface area contributed by atoms with Crippen molar-refractivity contribution in [3.63, 3.8) is 0 Å². The van der Waals surface area contributed by atoms with Crippen molar-refractivity contribution in [2.45, 2.75) is 18.9 Å². The number of nitro groups is 1. The highest BCUT2D eigenvalue weighted by molar-refractivity contribution is 5.75. The lowest BCUT2D eigenvalue weighted by atomic mass is 10.2. The number of ether oxygens (including phenoxy) is 1. The van der Waals surface area contributed by atoms with Gasteiger partial charge < -0.3 is 14.5 Å². The minimum atomic E-state index is -0.461. The van der Waals surface area contributed by atoms with Crippen molar-refractivity contribution in [1.29, 1.82) is 0 Å². The third-order valence-corrected chi connectivity index (χ3v) is 3.13. The maximum absolute atomic E-state index is 10.7. The average Bonchev–Trinajstić information content (AvgIpc) is 3.04. The predicted molar refractivity (Wildman–Crippen MR) is 67.2 cm³/mol. The summed E-state index contributed by atoms with van der Waals surface area (Å²) in [7, 11) is 0. The molecule has 0 spiro atoms. The van der Waals surface area contributed by atoms with Gasteiger partial charge in [0.05, 0.1) is 4.92 Å². The van der Waals surface area contributed by atoms with Crippen LogP contribution in [0.2, 0.25) is 0 Å². The van der Waals surface area contributed by atoms with Crippen LogP contribution in [0, 0.1) is 10.1 Å². The van der Waals surface area contributed by atoms with E-state index in [1.807, 2.05) is 0 Å². The molecule has 7 nitrogen and oxygen atoms in total. The molecule has 1 aromatic carbocycles. The van der Waals surface area contributed by atoms with Gasteiger partial charge in [0.1, 0.15) is 12.1 Å². The summed E-state index contributed by atoms with van der Waals surface area (Å²) in [6.45, 7) is 1.50. The fourth-order valence-electron chi connectivity index (χ4n) is 2.14. The lowest BCUT2D eigenvalue weighted by Gasteiger charge is -2.08. The molecule has 0 bridgehead atoms. The number of non-ortho nitro benzene ring substituents is 1. The van der Waals surface area contributed by atoms with Crippen molar-refractivity contribution in [2.75, 3.05) is 13.2 Å². The number of rotatable bonds is 4. The number of nitrogens with zero attached hydrogens (tertiary/aromatic N) is 2. The smallest absolute Gasteiger partial charge is 0.394 e. The molecule has 1 saturated heterocycles. The molecule has 1 atom stereocenters. The highest BCUT2D eigenvalue weighted by Crippen LogP contribution is 2.24. The van der Waals surface area contributed by atoms with E-state index >= 15 is 0 Å². The largest absolute Gasteiger partial charge is 0.449 e. The summed E-state index contributed by atoms with van der Waals surface area (Å²) in [4.78, 5) is 14.3. The van der Waals surface area contributed by atoms with Gasteiger partial charge in [0.25, 0.3) is 5.69 Å². The van der Waals surface area contributed by atoms with Crippen LogP contribution in [-0.2, 0) is 0 Å². The Labute approximate surface area is 108 Å². The van der Waals surface area contributed by atoms with Gasteiger partial charge in [-0.2, -0.15) is 4.98 Å². The topological polar surface area (TPSA) is 90.4 Å². The molecular formula is C12H13N3O4. The summed E-state index contributed by atoms with van der Waals surface area (Å²) < 4.78 is 10.8. The van der Waals surface area contributed by atoms with Crippen LogP contribution in [0.25, 0.3) is 11.1 Å². The first-order valence-electron chi connectivity index (χ1n) is 6.13. The number of hydrogen-bond donors (Lipinski definition) is 1. The molecule has 0 saturated carbocycles. The molecule has 1 aromatic heterocycles. The number of hydrogen-bond acceptors (Lipinski definition) is 6. The van der Waals surface area contributed by atoms with E-state index in [-0.39, 0.29) is 11.8 Å². The van der Waals surface area contributed by atoms with Crippen LogP contribution in [0.3, 0.4) is 0 Å². The van der Waals surface area contributed by atoms with Crippen LogP contribution in [0.5, 0.6) is 6.08 Å². The van der Waals surface area contributed by atoms with E-state index in [9.17, 15) is 10.1 Å². The highest BCUT2D eigenvalue weighted by atomic mass is 16.6. The Morgan fingerprint density at radius 3 is 3.21 bits per heavy atom. The van der Waals surface area contributed by atoms with Crippen LogP contribution in [0.1, 0.15) is 12.8 Å². The van der Waals surface area contributed by atoms with Crippen molar-refractivity contribution >= 4 is 16.8 Å². The molecule has 19 heavy (non-hydrogen) atoms. The zero-order valence-corrected chi connectivity index (χ0v) is 10.2. The Morgan fingerprint density at radius 1 is 1.58 bits per heavy atom. The molecule has 2 heterocycles. The van der Waals surface area contributed by atoms with E-state index in [0.717, 1.165) is 19.4 Å². The van der Waals surface area contributed by atoms with E-state index in [1.165, 1.54) is 18.2 Å². The minimum Gasteiger partial charge on any atom is -0.449 e. The summed E-state index contributed by atoms with van der Waals surface area (Å²) in [5.41, 5.74) is 0.911. The van der Waals surface area contributed by atoms with Crippen LogP contribution < -0.4 is 10.1 Å². The van der Waals surface area contributed by atoms with Crippen LogP contribution in [-0.4, -0.2) is 29.1 Å². The molecule has 0 amide bonds. The van der Waals surface area contributed by atoms with E-state index in [2.05, 4.69) is 10.3 Å². The third kappa shape index (κ3) is 2.50. The van der Waals surface area contributed by atoms with Crippen molar-refractivity contribution in [3.05, 3.63) is 28.3 Å². The van der Waals surface area contributed by atoms with E-state index in [0.29, 0.717) is 23.7 Å². The molecule has 0 radical (unpaired) electrons. The summed E-state index contributed by atoms with van der Waals surface area (Å²) in [6, 6.07) is 4.61. The first kappa shape index (κ1) is 11.9. The molecule has 1 aliphatic heterocycles. The molecule has 1 N–H and O–H groups in total. The molecule has 1 aliphatic rings. The van der Waals surface area contributed by atoms with Gasteiger partial charge >= 0.3 is 6.08 Å². The summed E-state index contributed by atoms with van der Waals surface area (Å²) in [6.07, 6.45) is 2.38. The van der Waals surface area contributed by atoms with E-state index < -0.39 is 4.92 Å². The Balaban J connectivity index is 1.75. The fraction of sp³-hybridized carbons (Fsp3) is 0.417. The summed E-state index contributed by atoms with van der Waals surface area (Å²) in [5, 5.41) is 14.0. The summed E-state index contributed by atoms with van der Waals surface area (Å²) in [5.74, 6) is 0. The first-order chi connectivity index (χ1) is 9.22. The van der Waals surface area contributed by atoms with E-state index in [1.54, 1.807) is 0 Å². The quantitative estimate of drug-likeness (QED) is 0.668. The van der Waals surface area contributed by atoms with Crippen molar-refractivity contribution in [2.24, 2.45) is 0 Å². The molecule has 2 aromatic rings. The molecular weight excluding hydrogens is 250 g/mol. The maximum atomic E-state index is 10.7. The maximum Gasteiger partial charge on any atom is 0.394 e. The van der Waals surface area contributed by atoms with Gasteiger partial charge in [0.2, 0.25) is 0 Å². The van der Waals surface area contributed by atoms with Gasteiger partial charge in [-0.05, 0) is 25.5 Å². The van der Waals surface area contributed by atoms with Gasteiger partial charge in [-0.3, -0.25) is 10.1 Å². The molecule has 0 aliphatic carbocycles. The number of benzene rings is 1. The Morgan fingerprint density at radius 2 is 2.47 bits per heavy atom. The monoisotopic (exact) mass is 263 g/mol. The lowest BCUT2D eigenvalue weighted by Crippen LogP contribution is -2.28. The molecule has 100 valence electrons. The lowest BCUT2D eigenvalue weighted by molar-refractivity contribution is -0.384. The second kappa shape index (κ2) is 4.85. The van der Waals surface area contributed by atoms with Crippen LogP contribution in [0.4, 0.5) is 5.69 Å². The zero-order valence-electron chi connectivity index (χ0n) is 10.2. The number of oxazole rings is 1. The van der Waals surface area contributed by atoms with Gasteiger partial charge in [0.15, 0.2) is 5.58 Å². The standard InChI is InChI=1S/C12H13N3O4/c16-15(17)9-3-4-11-10(6-9)14-12(19-11)18-7-8-2-1-5-13-8/h3-4,6,8,13H,1-2,5,7H2/t8-/m1/s1. The predicted octanol–water partition coefficient (Wildman–Crippen LogP) is 1.87. The fourth-order valence-corrected chi connectivity index (χ4v) is 2.14. The molecule has 0 unspecified atom stereocenters. The summed E-state index contributed by atoms with van der Waals surface area (Å²) >= 11 is 0. The second-order valence-electron chi connectivity index (χ2n) is 4.49. The normalized spacial score (nSPS) is 18.8. The SMILES string of the molecule is O=[N+]([O-])c1ccc2oc(OC[C@H]3CCCN3)nc2c1. The number of aromatic nitrogens is 1. The van der Waals surface area contributed by atoms with Gasteiger partial charge in [0, 0.05) is 18.2 Å². The molecule has 3 rings (SSSR count). The van der Waals surface area contributed by atoms with Gasteiger partial charge in [-0.25, -0.2) is 0 Å². The van der Waals surface area contributed by atoms with Crippen molar-refractivity contribution < 1.29 is 14.1 Å². The highest BCUT2D eigenvalue weighted by Gasteiger charge is 2.17. The van der Waals surface area contributed by atoms with Crippen LogP contribution >= 0.6 is 0 Å². The zero-order chi connectivity index (χ0) is 13.2. The number of fused-ring (bicyclic) bond motifs is 1. The Kier molecular flexibility index (Phi) is 3.04. The molecule has 1 fully saturated rings. The molecule has 7 heteroatoms. The van der Waals surface area contributed by atoms with E-state index in [4.69, 9.17) is 9.15 Å². The van der Waals surface area contributed by atoms with Gasteiger partial charge in [-0.15, -0.1) is 0 Å². The number of nitrogens with one attached hydrogen (secondary N) is 1. The minimum absolute atomic E-state index is 0.00944.